The fourth-order valence-corrected chi connectivity index (χ4v) is 1.08. The van der Waals surface area contributed by atoms with Gasteiger partial charge in [-0.2, -0.15) is 12.2 Å². The normalized spacial score (nSPS) is 13.9. The van der Waals surface area contributed by atoms with E-state index in [1.54, 1.807) is 0 Å². The first kappa shape index (κ1) is 21.6. The fourth-order valence-electron chi connectivity index (χ4n) is 1.08. The molecule has 0 aromatic heterocycles. The summed E-state index contributed by atoms with van der Waals surface area (Å²) in [5.41, 5.74) is 1.15. The molecule has 1 nitrogen and oxygen atoms in total. The van der Waals surface area contributed by atoms with Crippen molar-refractivity contribution in [3.63, 3.8) is 0 Å². The van der Waals surface area contributed by atoms with Crippen LogP contribution in [0, 0.1) is 12.2 Å². The molecule has 0 heterocycles. The van der Waals surface area contributed by atoms with Crippen LogP contribution in [-0.4, -0.2) is 11.7 Å². The Hall–Kier alpha value is 0.383. The van der Waals surface area contributed by atoms with E-state index in [9.17, 15) is 0 Å². The molecular formula is C12H14Cl2OZr-2. The van der Waals surface area contributed by atoms with Crippen molar-refractivity contribution in [1.82, 2.24) is 0 Å². The molecule has 0 amide bonds. The van der Waals surface area contributed by atoms with Crippen molar-refractivity contribution < 1.29 is 56.1 Å². The molecule has 0 spiro atoms. The van der Waals surface area contributed by atoms with Gasteiger partial charge in [-0.1, -0.05) is 0 Å². The molecule has 0 aromatic rings. The van der Waals surface area contributed by atoms with Crippen LogP contribution in [0.1, 0.15) is 19.3 Å². The Morgan fingerprint density at radius 3 is 2.25 bits per heavy atom. The van der Waals surface area contributed by atoms with Crippen LogP contribution in [-0.2, 0) is 26.2 Å². The predicted octanol–water partition coefficient (Wildman–Crippen LogP) is -3.63. The number of halogens is 2. The molecule has 0 atom stereocenters. The van der Waals surface area contributed by atoms with Crippen LogP contribution in [0.4, 0.5) is 0 Å². The molecule has 0 bridgehead atoms. The maximum Gasteiger partial charge on any atom is 2.00 e. The van der Waals surface area contributed by atoms with Crippen LogP contribution >= 0.6 is 0 Å². The maximum absolute atomic E-state index is 8.43. The molecule has 4 heteroatoms. The van der Waals surface area contributed by atoms with Gasteiger partial charge in [0, 0.05) is 6.61 Å². The first-order chi connectivity index (χ1) is 6.43. The summed E-state index contributed by atoms with van der Waals surface area (Å²) in [5, 5.41) is 8.43. The molecule has 0 aromatic carbocycles. The van der Waals surface area contributed by atoms with Crippen molar-refractivity contribution in [2.24, 2.45) is 0 Å². The Kier molecular flexibility index (Phi) is 20.8. The van der Waals surface area contributed by atoms with Crippen molar-refractivity contribution in [2.45, 2.75) is 19.3 Å². The molecule has 0 aliphatic heterocycles. The van der Waals surface area contributed by atoms with Crippen molar-refractivity contribution >= 4 is 0 Å². The van der Waals surface area contributed by atoms with Gasteiger partial charge in [0.2, 0.25) is 0 Å². The average Bonchev–Trinajstić information content (AvgIpc) is 2.79. The number of hydrogen-bond acceptors (Lipinski definition) is 1. The minimum absolute atomic E-state index is 0. The molecule has 2 aliphatic rings. The van der Waals surface area contributed by atoms with E-state index in [1.807, 2.05) is 24.3 Å². The van der Waals surface area contributed by atoms with Gasteiger partial charge >= 0.3 is 26.2 Å². The molecular weight excluding hydrogens is 322 g/mol. The van der Waals surface area contributed by atoms with E-state index in [0.29, 0.717) is 0 Å². The minimum Gasteiger partial charge on any atom is -1.00 e. The van der Waals surface area contributed by atoms with E-state index in [4.69, 9.17) is 5.11 Å². The molecule has 88 valence electrons. The van der Waals surface area contributed by atoms with E-state index in [1.165, 1.54) is 0 Å². The number of hydrogen-bond donors (Lipinski definition) is 1. The van der Waals surface area contributed by atoms with Crippen LogP contribution < -0.4 is 24.8 Å². The zero-order valence-corrected chi connectivity index (χ0v) is 12.9. The molecule has 0 unspecified atom stereocenters. The smallest absolute Gasteiger partial charge is 1.00 e. The Bertz CT molecular complexity index is 248. The Morgan fingerprint density at radius 1 is 1.19 bits per heavy atom. The Balaban J connectivity index is -0.000000189. The first-order valence-corrected chi connectivity index (χ1v) is 4.52. The second kappa shape index (κ2) is 15.4. The van der Waals surface area contributed by atoms with E-state index in [2.05, 4.69) is 18.2 Å². The summed E-state index contributed by atoms with van der Waals surface area (Å²) in [6.07, 6.45) is 18.8. The summed E-state index contributed by atoms with van der Waals surface area (Å²) in [6, 6.07) is 0. The van der Waals surface area contributed by atoms with E-state index < -0.39 is 0 Å². The Labute approximate surface area is 129 Å². The van der Waals surface area contributed by atoms with Gasteiger partial charge in [-0.15, -0.1) is 12.8 Å². The SMILES string of the molecule is OCCC1=[C-]CC=C1.[C-]1=CC=CC1.[Cl-].[Cl-].[Zr+2]. The number of allylic oxidation sites excluding steroid dienone is 7. The minimum atomic E-state index is 0. The van der Waals surface area contributed by atoms with E-state index in [-0.39, 0.29) is 57.6 Å². The largest absolute Gasteiger partial charge is 2.00 e. The fraction of sp³-hybridized carbons (Fsp3) is 0.333. The third-order valence-electron chi connectivity index (χ3n) is 1.73. The number of aliphatic hydroxyl groups excluding tert-OH is 1. The van der Waals surface area contributed by atoms with Crippen molar-refractivity contribution in [2.75, 3.05) is 6.61 Å². The van der Waals surface area contributed by atoms with Crippen LogP contribution in [0.15, 0.2) is 36.0 Å². The third-order valence-corrected chi connectivity index (χ3v) is 1.73. The molecule has 0 radical (unpaired) electrons. The predicted molar refractivity (Wildman–Crippen MR) is 53.8 cm³/mol. The average molecular weight is 336 g/mol. The zero-order chi connectivity index (χ0) is 9.36. The molecule has 1 N–H and O–H groups in total. The topological polar surface area (TPSA) is 20.2 Å². The zero-order valence-electron chi connectivity index (χ0n) is 8.92. The first-order valence-electron chi connectivity index (χ1n) is 4.52. The van der Waals surface area contributed by atoms with Gasteiger partial charge in [-0.3, -0.25) is 12.2 Å². The van der Waals surface area contributed by atoms with Gasteiger partial charge in [0.1, 0.15) is 0 Å². The molecule has 2 aliphatic carbocycles. The molecule has 2 rings (SSSR count). The molecule has 0 saturated heterocycles. The van der Waals surface area contributed by atoms with Gasteiger partial charge < -0.3 is 29.9 Å². The van der Waals surface area contributed by atoms with Crippen LogP contribution in [0.25, 0.3) is 0 Å². The number of rotatable bonds is 2. The van der Waals surface area contributed by atoms with Crippen molar-refractivity contribution in [1.29, 1.82) is 0 Å². The van der Waals surface area contributed by atoms with E-state index in [0.717, 1.165) is 24.8 Å². The van der Waals surface area contributed by atoms with Gasteiger partial charge in [0.25, 0.3) is 0 Å². The molecule has 0 saturated carbocycles. The third kappa shape index (κ3) is 10.9. The summed E-state index contributed by atoms with van der Waals surface area (Å²) >= 11 is 0. The molecule has 0 fully saturated rings. The van der Waals surface area contributed by atoms with Crippen molar-refractivity contribution in [3.05, 3.63) is 48.1 Å². The van der Waals surface area contributed by atoms with Crippen LogP contribution in [0.3, 0.4) is 0 Å². The quantitative estimate of drug-likeness (QED) is 0.516. The van der Waals surface area contributed by atoms with Crippen LogP contribution in [0.5, 0.6) is 0 Å². The van der Waals surface area contributed by atoms with Gasteiger partial charge in [0.15, 0.2) is 0 Å². The summed E-state index contributed by atoms with van der Waals surface area (Å²) in [5.74, 6) is 0. The number of aliphatic hydroxyl groups is 1. The Morgan fingerprint density at radius 2 is 1.94 bits per heavy atom. The van der Waals surface area contributed by atoms with Gasteiger partial charge in [0.05, 0.1) is 0 Å². The summed E-state index contributed by atoms with van der Waals surface area (Å²) in [6.45, 7) is 0.243. The summed E-state index contributed by atoms with van der Waals surface area (Å²) < 4.78 is 0. The maximum atomic E-state index is 8.43. The van der Waals surface area contributed by atoms with Crippen molar-refractivity contribution in [3.8, 4) is 0 Å². The monoisotopic (exact) mass is 334 g/mol. The van der Waals surface area contributed by atoms with E-state index >= 15 is 0 Å². The standard InChI is InChI=1S/C7H9O.C5H5.2ClH.Zr/c8-6-5-7-3-1-2-4-7;1-2-4-5-3-1;;;/h1,3,8H,2,5-6H2;1-3H,4H2;2*1H;/q2*-1;;;+2/p-2. The molecule has 16 heavy (non-hydrogen) atoms. The second-order valence-corrected chi connectivity index (χ2v) is 2.79. The second-order valence-electron chi connectivity index (χ2n) is 2.79. The van der Waals surface area contributed by atoms with Gasteiger partial charge in [-0.05, 0) is 6.42 Å². The van der Waals surface area contributed by atoms with Gasteiger partial charge in [-0.25, -0.2) is 23.8 Å². The van der Waals surface area contributed by atoms with Crippen LogP contribution in [0.2, 0.25) is 0 Å². The summed E-state index contributed by atoms with van der Waals surface area (Å²) in [7, 11) is 0. The summed E-state index contributed by atoms with van der Waals surface area (Å²) in [4.78, 5) is 0.